The van der Waals surface area contributed by atoms with Crippen molar-refractivity contribution in [3.8, 4) is 0 Å². The molecule has 26 heavy (non-hydrogen) atoms. The predicted octanol–water partition coefficient (Wildman–Crippen LogP) is 3.87. The van der Waals surface area contributed by atoms with Gasteiger partial charge in [-0.2, -0.15) is 0 Å². The van der Waals surface area contributed by atoms with E-state index in [4.69, 9.17) is 0 Å². The lowest BCUT2D eigenvalue weighted by Crippen LogP contribution is -2.25. The maximum Gasteiger partial charge on any atom is 0.253 e. The van der Waals surface area contributed by atoms with E-state index in [0.717, 1.165) is 41.8 Å². The van der Waals surface area contributed by atoms with Gasteiger partial charge in [-0.3, -0.25) is 9.78 Å². The number of benzene rings is 1. The molecule has 1 amide bonds. The van der Waals surface area contributed by atoms with Gasteiger partial charge in [0.05, 0.1) is 16.8 Å². The van der Waals surface area contributed by atoms with Gasteiger partial charge in [0.2, 0.25) is 0 Å². The molecule has 0 fully saturated rings. The third kappa shape index (κ3) is 4.57. The average molecular weight is 348 g/mol. The van der Waals surface area contributed by atoms with Gasteiger partial charge in [-0.05, 0) is 56.5 Å². The van der Waals surface area contributed by atoms with E-state index in [1.54, 1.807) is 6.20 Å². The fourth-order valence-corrected chi connectivity index (χ4v) is 2.83. The van der Waals surface area contributed by atoms with Gasteiger partial charge in [0.15, 0.2) is 0 Å². The van der Waals surface area contributed by atoms with Crippen LogP contribution in [-0.4, -0.2) is 29.0 Å². The summed E-state index contributed by atoms with van der Waals surface area (Å²) in [6, 6.07) is 13.8. The smallest absolute Gasteiger partial charge is 0.253 e. The number of carbonyl (C=O) groups excluding carboxylic acids is 1. The zero-order chi connectivity index (χ0) is 18.4. The number of nitrogens with zero attached hydrogens (tertiary/aromatic N) is 2. The summed E-state index contributed by atoms with van der Waals surface area (Å²) in [5, 5.41) is 7.25. The van der Waals surface area contributed by atoms with Crippen LogP contribution >= 0.6 is 0 Å². The lowest BCUT2D eigenvalue weighted by molar-refractivity contribution is 0.0952. The Morgan fingerprint density at radius 1 is 1.04 bits per heavy atom. The summed E-state index contributed by atoms with van der Waals surface area (Å²) in [4.78, 5) is 21.2. The predicted molar refractivity (Wildman–Crippen MR) is 106 cm³/mol. The molecule has 3 aromatic rings. The molecule has 0 unspecified atom stereocenters. The summed E-state index contributed by atoms with van der Waals surface area (Å²) in [7, 11) is 0. The largest absolute Gasteiger partial charge is 0.370 e. The van der Waals surface area contributed by atoms with Crippen molar-refractivity contribution in [2.45, 2.75) is 26.7 Å². The first-order chi connectivity index (χ1) is 12.6. The number of anilines is 1. The highest BCUT2D eigenvalue weighted by Crippen LogP contribution is 2.18. The highest BCUT2D eigenvalue weighted by Gasteiger charge is 2.11. The van der Waals surface area contributed by atoms with Crippen LogP contribution in [0.2, 0.25) is 0 Å². The number of hydrogen-bond acceptors (Lipinski definition) is 4. The molecule has 0 aliphatic rings. The number of rotatable bonds is 7. The minimum atomic E-state index is -0.0600. The molecule has 2 N–H and O–H groups in total. The summed E-state index contributed by atoms with van der Waals surface area (Å²) in [5.41, 5.74) is 3.51. The standard InChI is InChI=1S/C21H24N4O/c1-15-8-9-17-14-18(16(2)25-19(17)13-15)21(26)24-12-6-5-11-23-20-7-3-4-10-22-20/h3-4,7-10,13-14H,5-6,11-12H2,1-2H3,(H,22,23)(H,24,26). The van der Waals surface area contributed by atoms with E-state index < -0.39 is 0 Å². The Balaban J connectivity index is 1.48. The molecule has 0 saturated heterocycles. The number of nitrogens with one attached hydrogen (secondary N) is 2. The molecule has 5 nitrogen and oxygen atoms in total. The van der Waals surface area contributed by atoms with Crippen molar-refractivity contribution in [1.29, 1.82) is 0 Å². The minimum absolute atomic E-state index is 0.0600. The van der Waals surface area contributed by atoms with Gasteiger partial charge in [0.1, 0.15) is 5.82 Å². The lowest BCUT2D eigenvalue weighted by Gasteiger charge is -2.09. The van der Waals surface area contributed by atoms with Crippen LogP contribution in [0.1, 0.15) is 34.5 Å². The first-order valence-corrected chi connectivity index (χ1v) is 8.94. The fraction of sp³-hybridized carbons (Fsp3) is 0.286. The third-order valence-corrected chi connectivity index (χ3v) is 4.27. The van der Waals surface area contributed by atoms with E-state index in [2.05, 4.69) is 20.6 Å². The summed E-state index contributed by atoms with van der Waals surface area (Å²) in [6.45, 7) is 5.41. The van der Waals surface area contributed by atoms with Crippen LogP contribution in [0.25, 0.3) is 10.9 Å². The van der Waals surface area contributed by atoms with Gasteiger partial charge in [-0.25, -0.2) is 4.98 Å². The number of carbonyl (C=O) groups is 1. The molecule has 0 aliphatic carbocycles. The Bertz CT molecular complexity index is 893. The second-order valence-electron chi connectivity index (χ2n) is 6.42. The summed E-state index contributed by atoms with van der Waals surface area (Å²) >= 11 is 0. The summed E-state index contributed by atoms with van der Waals surface area (Å²) in [6.07, 6.45) is 3.64. The van der Waals surface area contributed by atoms with Gasteiger partial charge in [-0.15, -0.1) is 0 Å². The topological polar surface area (TPSA) is 66.9 Å². The summed E-state index contributed by atoms with van der Waals surface area (Å²) in [5.74, 6) is 0.819. The SMILES string of the molecule is Cc1ccc2cc(C(=O)NCCCCNc3ccccn3)c(C)nc2c1. The molecule has 0 bridgehead atoms. The van der Waals surface area contributed by atoms with Crippen molar-refractivity contribution >= 4 is 22.6 Å². The van der Waals surface area contributed by atoms with E-state index in [1.165, 1.54) is 5.56 Å². The van der Waals surface area contributed by atoms with Crippen LogP contribution in [0, 0.1) is 13.8 Å². The first-order valence-electron chi connectivity index (χ1n) is 8.94. The highest BCUT2D eigenvalue weighted by atomic mass is 16.1. The van der Waals surface area contributed by atoms with E-state index in [0.29, 0.717) is 12.1 Å². The molecule has 0 aliphatic heterocycles. The molecule has 1 aromatic carbocycles. The average Bonchev–Trinajstić information content (AvgIpc) is 2.64. The normalized spacial score (nSPS) is 10.7. The van der Waals surface area contributed by atoms with Crippen LogP contribution < -0.4 is 10.6 Å². The Labute approximate surface area is 153 Å². The number of unbranched alkanes of at least 4 members (excludes halogenated alkanes) is 1. The monoisotopic (exact) mass is 348 g/mol. The minimum Gasteiger partial charge on any atom is -0.370 e. The number of pyridine rings is 2. The van der Waals surface area contributed by atoms with Crippen molar-refractivity contribution < 1.29 is 4.79 Å². The van der Waals surface area contributed by atoms with Gasteiger partial charge in [-0.1, -0.05) is 18.2 Å². The Hall–Kier alpha value is -2.95. The number of aryl methyl sites for hydroxylation is 2. The molecular formula is C21H24N4O. The second kappa shape index (κ2) is 8.43. The van der Waals surface area contributed by atoms with Crippen molar-refractivity contribution in [3.63, 3.8) is 0 Å². The third-order valence-electron chi connectivity index (χ3n) is 4.27. The van der Waals surface area contributed by atoms with Gasteiger partial charge in [0, 0.05) is 24.7 Å². The number of hydrogen-bond donors (Lipinski definition) is 2. The van der Waals surface area contributed by atoms with E-state index in [9.17, 15) is 4.79 Å². The van der Waals surface area contributed by atoms with E-state index in [1.807, 2.05) is 56.3 Å². The lowest BCUT2D eigenvalue weighted by atomic mass is 10.1. The van der Waals surface area contributed by atoms with Crippen molar-refractivity contribution in [2.24, 2.45) is 0 Å². The molecule has 2 heterocycles. The molecule has 0 radical (unpaired) electrons. The second-order valence-corrected chi connectivity index (χ2v) is 6.42. The van der Waals surface area contributed by atoms with Crippen LogP contribution in [0.3, 0.4) is 0 Å². The Morgan fingerprint density at radius 2 is 1.88 bits per heavy atom. The van der Waals surface area contributed by atoms with Crippen LogP contribution in [-0.2, 0) is 0 Å². The van der Waals surface area contributed by atoms with E-state index >= 15 is 0 Å². The Morgan fingerprint density at radius 3 is 2.69 bits per heavy atom. The van der Waals surface area contributed by atoms with Crippen LogP contribution in [0.15, 0.2) is 48.7 Å². The van der Waals surface area contributed by atoms with Crippen molar-refractivity contribution in [3.05, 3.63) is 65.5 Å². The van der Waals surface area contributed by atoms with Gasteiger partial charge >= 0.3 is 0 Å². The van der Waals surface area contributed by atoms with Crippen molar-refractivity contribution in [1.82, 2.24) is 15.3 Å². The zero-order valence-electron chi connectivity index (χ0n) is 15.2. The number of amides is 1. The quantitative estimate of drug-likeness (QED) is 0.636. The summed E-state index contributed by atoms with van der Waals surface area (Å²) < 4.78 is 0. The molecule has 3 rings (SSSR count). The van der Waals surface area contributed by atoms with Crippen LogP contribution in [0.4, 0.5) is 5.82 Å². The molecule has 134 valence electrons. The maximum atomic E-state index is 12.5. The molecule has 0 saturated carbocycles. The molecular weight excluding hydrogens is 324 g/mol. The number of aromatic nitrogens is 2. The number of fused-ring (bicyclic) bond motifs is 1. The highest BCUT2D eigenvalue weighted by molar-refractivity contribution is 5.98. The van der Waals surface area contributed by atoms with Crippen LogP contribution in [0.5, 0.6) is 0 Å². The molecule has 0 spiro atoms. The van der Waals surface area contributed by atoms with E-state index in [-0.39, 0.29) is 5.91 Å². The fourth-order valence-electron chi connectivity index (χ4n) is 2.83. The van der Waals surface area contributed by atoms with Crippen molar-refractivity contribution in [2.75, 3.05) is 18.4 Å². The molecule has 5 heteroatoms. The first kappa shape index (κ1) is 17.9. The molecule has 2 aromatic heterocycles. The zero-order valence-corrected chi connectivity index (χ0v) is 15.2. The molecule has 0 atom stereocenters. The van der Waals surface area contributed by atoms with Gasteiger partial charge < -0.3 is 10.6 Å². The maximum absolute atomic E-state index is 12.5. The van der Waals surface area contributed by atoms with Gasteiger partial charge in [0.25, 0.3) is 5.91 Å². The Kier molecular flexibility index (Phi) is 5.79.